The number of alkyl carbamates (subject to hydrolysis) is 1. The summed E-state index contributed by atoms with van der Waals surface area (Å²) in [5, 5.41) is 10.7. The van der Waals surface area contributed by atoms with Crippen molar-refractivity contribution in [1.82, 2.24) is 5.32 Å². The van der Waals surface area contributed by atoms with Gasteiger partial charge >= 0.3 is 6.09 Å². The monoisotopic (exact) mass is 368 g/mol. The first-order chi connectivity index (χ1) is 12.7. The van der Waals surface area contributed by atoms with Gasteiger partial charge in [-0.15, -0.1) is 0 Å². The Morgan fingerprint density at radius 2 is 1.48 bits per heavy atom. The summed E-state index contributed by atoms with van der Waals surface area (Å²) in [5.74, 6) is -0.114. The molecule has 0 atom stereocenters. The van der Waals surface area contributed by atoms with Crippen molar-refractivity contribution >= 4 is 28.9 Å². The number of nitrogens with zero attached hydrogens (tertiary/aromatic N) is 2. The molecule has 7 heteroatoms. The summed E-state index contributed by atoms with van der Waals surface area (Å²) in [4.78, 5) is 23.5. The number of ether oxygens (including phenoxy) is 1. The maximum Gasteiger partial charge on any atom is 0.408 e. The van der Waals surface area contributed by atoms with E-state index >= 15 is 0 Å². The van der Waals surface area contributed by atoms with Crippen LogP contribution in [-0.4, -0.2) is 24.0 Å². The van der Waals surface area contributed by atoms with Gasteiger partial charge in [0.2, 0.25) is 0 Å². The smallest absolute Gasteiger partial charge is 0.408 e. The van der Waals surface area contributed by atoms with Gasteiger partial charge < -0.3 is 15.8 Å². The highest BCUT2D eigenvalue weighted by Gasteiger charge is 2.16. The van der Waals surface area contributed by atoms with Gasteiger partial charge in [0.15, 0.2) is 5.78 Å². The van der Waals surface area contributed by atoms with E-state index in [0.29, 0.717) is 17.1 Å². The molecule has 0 aliphatic heterocycles. The van der Waals surface area contributed by atoms with Crippen molar-refractivity contribution < 1.29 is 14.3 Å². The average molecular weight is 368 g/mol. The normalized spacial score (nSPS) is 11.4. The number of nitrogen functional groups attached to an aromatic ring is 1. The summed E-state index contributed by atoms with van der Waals surface area (Å²) in [5.41, 5.74) is 7.91. The third-order valence-corrected chi connectivity index (χ3v) is 3.34. The quantitative estimate of drug-likeness (QED) is 0.585. The van der Waals surface area contributed by atoms with Crippen molar-refractivity contribution in [2.75, 3.05) is 12.3 Å². The Hall–Kier alpha value is -3.22. The third-order valence-electron chi connectivity index (χ3n) is 3.34. The molecule has 0 saturated carbocycles. The summed E-state index contributed by atoms with van der Waals surface area (Å²) in [6, 6.07) is 14.3. The zero-order valence-corrected chi connectivity index (χ0v) is 15.7. The molecule has 0 saturated heterocycles. The van der Waals surface area contributed by atoms with E-state index in [1.165, 1.54) is 0 Å². The molecule has 2 aromatic rings. The molecule has 0 bridgehead atoms. The van der Waals surface area contributed by atoms with Crippen molar-refractivity contribution in [2.24, 2.45) is 10.2 Å². The van der Waals surface area contributed by atoms with Gasteiger partial charge in [-0.25, -0.2) is 4.79 Å². The van der Waals surface area contributed by atoms with Gasteiger partial charge in [0.1, 0.15) is 5.60 Å². The lowest BCUT2D eigenvalue weighted by molar-refractivity contribution is -0.117. The second-order valence-corrected chi connectivity index (χ2v) is 7.03. The summed E-state index contributed by atoms with van der Waals surface area (Å²) in [6.45, 7) is 5.22. The Bertz CT molecular complexity index is 807. The minimum atomic E-state index is -0.603. The van der Waals surface area contributed by atoms with Crippen LogP contribution in [0.3, 0.4) is 0 Å². The molecule has 2 aromatic carbocycles. The zero-order valence-electron chi connectivity index (χ0n) is 15.7. The number of azo groups is 1. The number of anilines is 1. The number of ketones is 1. The van der Waals surface area contributed by atoms with E-state index in [4.69, 9.17) is 10.5 Å². The van der Waals surface area contributed by atoms with Crippen LogP contribution in [0.2, 0.25) is 0 Å². The number of carbonyl (C=O) groups excluding carboxylic acids is 2. The lowest BCUT2D eigenvalue weighted by Crippen LogP contribution is -2.35. The molecule has 0 radical (unpaired) electrons. The minimum absolute atomic E-state index is 0.0759. The molecule has 1 amide bonds. The Balaban J connectivity index is 1.83. The van der Waals surface area contributed by atoms with E-state index in [0.717, 1.165) is 5.56 Å². The number of hydrogen-bond acceptors (Lipinski definition) is 6. The fourth-order valence-electron chi connectivity index (χ4n) is 2.11. The molecule has 3 N–H and O–H groups in total. The minimum Gasteiger partial charge on any atom is -0.444 e. The molecular weight excluding hydrogens is 344 g/mol. The summed E-state index contributed by atoms with van der Waals surface area (Å²) in [7, 11) is 0. The first kappa shape index (κ1) is 20.1. The lowest BCUT2D eigenvalue weighted by Gasteiger charge is -2.19. The first-order valence-corrected chi connectivity index (χ1v) is 8.56. The number of amides is 1. The lowest BCUT2D eigenvalue weighted by atomic mass is 10.1. The Morgan fingerprint density at radius 1 is 0.963 bits per heavy atom. The van der Waals surface area contributed by atoms with Gasteiger partial charge in [-0.1, -0.05) is 12.1 Å². The second-order valence-electron chi connectivity index (χ2n) is 7.03. The SMILES string of the molecule is CC(C)(C)OC(=O)NCC(=O)Cc1ccc(N=Nc2ccc(N)cc2)cc1. The molecule has 0 unspecified atom stereocenters. The third kappa shape index (κ3) is 7.68. The molecule has 0 aliphatic rings. The van der Waals surface area contributed by atoms with Crippen LogP contribution in [0.4, 0.5) is 21.9 Å². The number of rotatable bonds is 6. The highest BCUT2D eigenvalue weighted by Crippen LogP contribution is 2.19. The highest BCUT2D eigenvalue weighted by atomic mass is 16.6. The molecule has 0 aromatic heterocycles. The van der Waals surface area contributed by atoms with Crippen LogP contribution in [0, 0.1) is 0 Å². The standard InChI is InChI=1S/C20H24N4O3/c1-20(2,3)27-19(26)22-13-18(25)12-14-4-8-16(9-5-14)23-24-17-10-6-15(21)7-11-17/h4-11H,12-13,21H2,1-3H3,(H,22,26). The number of hydrogen-bond donors (Lipinski definition) is 2. The summed E-state index contributed by atoms with van der Waals surface area (Å²) in [6.07, 6.45) is -0.389. The van der Waals surface area contributed by atoms with E-state index in [9.17, 15) is 9.59 Å². The maximum absolute atomic E-state index is 12.0. The molecule has 0 fully saturated rings. The Labute approximate surface area is 158 Å². The summed E-state index contributed by atoms with van der Waals surface area (Å²) < 4.78 is 5.09. The van der Waals surface area contributed by atoms with Crippen LogP contribution in [0.15, 0.2) is 58.8 Å². The zero-order chi connectivity index (χ0) is 19.9. The molecule has 0 spiro atoms. The molecule has 27 heavy (non-hydrogen) atoms. The van der Waals surface area contributed by atoms with Crippen LogP contribution in [0.5, 0.6) is 0 Å². The number of nitrogens with two attached hydrogens (primary N) is 1. The fourth-order valence-corrected chi connectivity index (χ4v) is 2.11. The molecule has 0 heterocycles. The van der Waals surface area contributed by atoms with Crippen LogP contribution in [0.25, 0.3) is 0 Å². The van der Waals surface area contributed by atoms with Crippen molar-refractivity contribution in [3.05, 3.63) is 54.1 Å². The van der Waals surface area contributed by atoms with Gasteiger partial charge in [-0.3, -0.25) is 4.79 Å². The number of carbonyl (C=O) groups is 2. The Kier molecular flexibility index (Phi) is 6.65. The number of benzene rings is 2. The van der Waals surface area contributed by atoms with Crippen LogP contribution >= 0.6 is 0 Å². The predicted molar refractivity (Wildman–Crippen MR) is 104 cm³/mol. The fraction of sp³-hybridized carbons (Fsp3) is 0.300. The van der Waals surface area contributed by atoms with Crippen molar-refractivity contribution in [2.45, 2.75) is 32.8 Å². The summed E-state index contributed by atoms with van der Waals surface area (Å²) >= 11 is 0. The van der Waals surface area contributed by atoms with Crippen molar-refractivity contribution in [3.8, 4) is 0 Å². The first-order valence-electron chi connectivity index (χ1n) is 8.56. The van der Waals surface area contributed by atoms with Gasteiger partial charge in [-0.2, -0.15) is 10.2 Å². The molecule has 142 valence electrons. The molecule has 0 aliphatic carbocycles. The van der Waals surface area contributed by atoms with Gasteiger partial charge in [0, 0.05) is 12.1 Å². The van der Waals surface area contributed by atoms with Crippen LogP contribution in [-0.2, 0) is 16.0 Å². The van der Waals surface area contributed by atoms with Gasteiger partial charge in [0.05, 0.1) is 17.9 Å². The van der Waals surface area contributed by atoms with Gasteiger partial charge in [-0.05, 0) is 62.7 Å². The topological polar surface area (TPSA) is 106 Å². The average Bonchev–Trinajstić information content (AvgIpc) is 2.59. The van der Waals surface area contributed by atoms with E-state index in [2.05, 4.69) is 15.5 Å². The van der Waals surface area contributed by atoms with E-state index in [1.807, 2.05) is 12.1 Å². The number of Topliss-reactive ketones (excluding diaryl/α,β-unsaturated/α-hetero) is 1. The van der Waals surface area contributed by atoms with Crippen molar-refractivity contribution in [1.29, 1.82) is 0 Å². The van der Waals surface area contributed by atoms with Crippen LogP contribution in [0.1, 0.15) is 26.3 Å². The largest absolute Gasteiger partial charge is 0.444 e. The molecular formula is C20H24N4O3. The van der Waals surface area contributed by atoms with Crippen molar-refractivity contribution in [3.63, 3.8) is 0 Å². The molecule has 7 nitrogen and oxygen atoms in total. The number of nitrogens with one attached hydrogen (secondary N) is 1. The molecule has 2 rings (SSSR count). The van der Waals surface area contributed by atoms with Gasteiger partial charge in [0.25, 0.3) is 0 Å². The highest BCUT2D eigenvalue weighted by molar-refractivity contribution is 5.85. The van der Waals surface area contributed by atoms with E-state index in [-0.39, 0.29) is 18.7 Å². The van der Waals surface area contributed by atoms with E-state index < -0.39 is 11.7 Å². The van der Waals surface area contributed by atoms with E-state index in [1.54, 1.807) is 57.2 Å². The maximum atomic E-state index is 12.0. The Morgan fingerprint density at radius 3 is 2.00 bits per heavy atom. The van der Waals surface area contributed by atoms with Crippen LogP contribution < -0.4 is 11.1 Å². The second kappa shape index (κ2) is 8.93. The predicted octanol–water partition coefficient (Wildman–Crippen LogP) is 4.32.